The van der Waals surface area contributed by atoms with E-state index in [4.69, 9.17) is 4.52 Å². The molecular weight excluding hydrogens is 233 g/mol. The molecule has 5 heteroatoms. The molecule has 0 aliphatic heterocycles. The Morgan fingerprint density at radius 3 is 2.72 bits per heavy atom. The maximum Gasteiger partial charge on any atom is 0.286 e. The summed E-state index contributed by atoms with van der Waals surface area (Å²) in [5.74, 6) is 0.309. The van der Waals surface area contributed by atoms with Gasteiger partial charge in [-0.2, -0.15) is 4.98 Å². The fourth-order valence-electron chi connectivity index (χ4n) is 1.80. The maximum atomic E-state index is 14.0. The summed E-state index contributed by atoms with van der Waals surface area (Å²) in [5.41, 5.74) is 1.47. The minimum atomic E-state index is -0.384. The SMILES string of the molecule is CC(=C(F)c1nc(-c2ccncc2)no1)C1CC1. The van der Waals surface area contributed by atoms with E-state index in [0.29, 0.717) is 17.3 Å². The number of hydrogen-bond donors (Lipinski definition) is 0. The molecule has 1 aliphatic rings. The number of pyridine rings is 1. The molecule has 3 rings (SSSR count). The Labute approximate surface area is 104 Å². The van der Waals surface area contributed by atoms with Crippen molar-refractivity contribution in [3.63, 3.8) is 0 Å². The van der Waals surface area contributed by atoms with E-state index in [1.807, 2.05) is 0 Å². The Balaban J connectivity index is 1.92. The summed E-state index contributed by atoms with van der Waals surface area (Å²) in [7, 11) is 0. The van der Waals surface area contributed by atoms with Gasteiger partial charge in [0.05, 0.1) is 0 Å². The van der Waals surface area contributed by atoms with Crippen molar-refractivity contribution in [3.8, 4) is 11.4 Å². The molecule has 4 nitrogen and oxygen atoms in total. The van der Waals surface area contributed by atoms with Crippen molar-refractivity contribution < 1.29 is 8.91 Å². The molecule has 0 aromatic carbocycles. The van der Waals surface area contributed by atoms with Gasteiger partial charge in [0, 0.05) is 18.0 Å². The summed E-state index contributed by atoms with van der Waals surface area (Å²) in [4.78, 5) is 7.98. The van der Waals surface area contributed by atoms with E-state index < -0.39 is 0 Å². The minimum Gasteiger partial charge on any atom is -0.331 e. The highest BCUT2D eigenvalue weighted by Crippen LogP contribution is 2.40. The van der Waals surface area contributed by atoms with Crippen molar-refractivity contribution in [2.45, 2.75) is 19.8 Å². The average Bonchev–Trinajstić information content (AvgIpc) is 3.15. The lowest BCUT2D eigenvalue weighted by atomic mass is 10.2. The van der Waals surface area contributed by atoms with E-state index in [9.17, 15) is 4.39 Å². The summed E-state index contributed by atoms with van der Waals surface area (Å²) in [6, 6.07) is 3.51. The minimum absolute atomic E-state index is 0.0359. The largest absolute Gasteiger partial charge is 0.331 e. The van der Waals surface area contributed by atoms with Crippen LogP contribution in [-0.4, -0.2) is 15.1 Å². The number of hydrogen-bond acceptors (Lipinski definition) is 4. The molecule has 0 atom stereocenters. The van der Waals surface area contributed by atoms with Crippen LogP contribution in [0, 0.1) is 5.92 Å². The van der Waals surface area contributed by atoms with Crippen LogP contribution >= 0.6 is 0 Å². The van der Waals surface area contributed by atoms with Crippen molar-refractivity contribution in [2.24, 2.45) is 5.92 Å². The molecule has 1 fully saturated rings. The molecule has 0 radical (unpaired) electrons. The van der Waals surface area contributed by atoms with Gasteiger partial charge in [-0.15, -0.1) is 0 Å². The highest BCUT2D eigenvalue weighted by molar-refractivity contribution is 5.59. The molecule has 0 spiro atoms. The first kappa shape index (κ1) is 11.1. The van der Waals surface area contributed by atoms with Crippen LogP contribution in [0.1, 0.15) is 25.7 Å². The molecule has 18 heavy (non-hydrogen) atoms. The maximum absolute atomic E-state index is 14.0. The van der Waals surface area contributed by atoms with Gasteiger partial charge >= 0.3 is 0 Å². The molecule has 1 saturated carbocycles. The summed E-state index contributed by atoms with van der Waals surface area (Å²) in [6.45, 7) is 1.78. The van der Waals surface area contributed by atoms with Crippen LogP contribution in [0.25, 0.3) is 17.2 Å². The van der Waals surface area contributed by atoms with Crippen LogP contribution in [0.3, 0.4) is 0 Å². The van der Waals surface area contributed by atoms with Crippen LogP contribution in [0.2, 0.25) is 0 Å². The molecule has 0 unspecified atom stereocenters. The molecular formula is C13H12FN3O. The van der Waals surface area contributed by atoms with Gasteiger partial charge < -0.3 is 4.52 Å². The number of allylic oxidation sites excluding steroid dienone is 1. The van der Waals surface area contributed by atoms with Crippen molar-refractivity contribution >= 4 is 5.83 Å². The van der Waals surface area contributed by atoms with Crippen LogP contribution in [0.5, 0.6) is 0 Å². The molecule has 2 heterocycles. The predicted octanol–water partition coefficient (Wildman–Crippen LogP) is 3.24. The number of aromatic nitrogens is 3. The lowest BCUT2D eigenvalue weighted by molar-refractivity contribution is 0.397. The third-order valence-corrected chi connectivity index (χ3v) is 3.09. The number of nitrogens with zero attached hydrogens (tertiary/aromatic N) is 3. The molecule has 0 amide bonds. The van der Waals surface area contributed by atoms with E-state index in [1.54, 1.807) is 31.5 Å². The van der Waals surface area contributed by atoms with Crippen LogP contribution in [-0.2, 0) is 0 Å². The quantitative estimate of drug-likeness (QED) is 0.832. The van der Waals surface area contributed by atoms with Gasteiger partial charge in [0.2, 0.25) is 5.82 Å². The second-order valence-corrected chi connectivity index (χ2v) is 4.43. The smallest absolute Gasteiger partial charge is 0.286 e. The molecule has 2 aromatic heterocycles. The van der Waals surface area contributed by atoms with Gasteiger partial charge in [0.25, 0.3) is 5.89 Å². The zero-order chi connectivity index (χ0) is 12.5. The molecule has 0 N–H and O–H groups in total. The fourth-order valence-corrected chi connectivity index (χ4v) is 1.80. The monoisotopic (exact) mass is 245 g/mol. The second kappa shape index (κ2) is 4.33. The first-order chi connectivity index (χ1) is 8.75. The first-order valence-electron chi connectivity index (χ1n) is 5.86. The lowest BCUT2D eigenvalue weighted by Gasteiger charge is -1.96. The zero-order valence-corrected chi connectivity index (χ0v) is 9.93. The molecule has 0 saturated heterocycles. The summed E-state index contributed by atoms with van der Waals surface area (Å²) in [6.07, 6.45) is 5.36. The standard InChI is InChI=1S/C13H12FN3O/c1-8(9-2-3-9)11(14)13-16-12(17-18-13)10-4-6-15-7-5-10/h4-7,9H,2-3H2,1H3. The highest BCUT2D eigenvalue weighted by Gasteiger charge is 2.28. The Morgan fingerprint density at radius 2 is 2.06 bits per heavy atom. The van der Waals surface area contributed by atoms with Gasteiger partial charge in [0.15, 0.2) is 5.83 Å². The number of halogens is 1. The zero-order valence-electron chi connectivity index (χ0n) is 9.93. The third-order valence-electron chi connectivity index (χ3n) is 3.09. The summed E-state index contributed by atoms with van der Waals surface area (Å²) < 4.78 is 19.0. The van der Waals surface area contributed by atoms with Gasteiger partial charge in [-0.25, -0.2) is 4.39 Å². The van der Waals surface area contributed by atoms with Crippen molar-refractivity contribution in [2.75, 3.05) is 0 Å². The predicted molar refractivity (Wildman–Crippen MR) is 64.0 cm³/mol. The van der Waals surface area contributed by atoms with Gasteiger partial charge in [-0.3, -0.25) is 4.98 Å². The van der Waals surface area contributed by atoms with Crippen molar-refractivity contribution in [1.82, 2.24) is 15.1 Å². The topological polar surface area (TPSA) is 51.8 Å². The first-order valence-corrected chi connectivity index (χ1v) is 5.86. The molecule has 0 bridgehead atoms. The normalized spacial score (nSPS) is 16.6. The summed E-state index contributed by atoms with van der Waals surface area (Å²) in [5, 5.41) is 3.78. The van der Waals surface area contributed by atoms with Gasteiger partial charge in [-0.1, -0.05) is 5.16 Å². The van der Waals surface area contributed by atoms with Crippen molar-refractivity contribution in [3.05, 3.63) is 36.0 Å². The van der Waals surface area contributed by atoms with Gasteiger partial charge in [0.1, 0.15) is 0 Å². The van der Waals surface area contributed by atoms with Gasteiger partial charge in [-0.05, 0) is 43.4 Å². The Kier molecular flexibility index (Phi) is 2.66. The fraction of sp³-hybridized carbons (Fsp3) is 0.308. The molecule has 2 aromatic rings. The van der Waals surface area contributed by atoms with E-state index in [-0.39, 0.29) is 11.7 Å². The Hall–Kier alpha value is -2.04. The van der Waals surface area contributed by atoms with E-state index >= 15 is 0 Å². The van der Waals surface area contributed by atoms with E-state index in [0.717, 1.165) is 18.4 Å². The highest BCUT2D eigenvalue weighted by atomic mass is 19.1. The second-order valence-electron chi connectivity index (χ2n) is 4.43. The third kappa shape index (κ3) is 2.03. The number of rotatable bonds is 3. The van der Waals surface area contributed by atoms with Crippen LogP contribution < -0.4 is 0 Å². The van der Waals surface area contributed by atoms with Crippen LogP contribution in [0.15, 0.2) is 34.6 Å². The molecule has 1 aliphatic carbocycles. The summed E-state index contributed by atoms with van der Waals surface area (Å²) >= 11 is 0. The average molecular weight is 245 g/mol. The van der Waals surface area contributed by atoms with E-state index in [1.165, 1.54) is 0 Å². The lowest BCUT2D eigenvalue weighted by Crippen LogP contribution is -1.87. The van der Waals surface area contributed by atoms with E-state index in [2.05, 4.69) is 15.1 Å². The van der Waals surface area contributed by atoms with Crippen LogP contribution in [0.4, 0.5) is 4.39 Å². The van der Waals surface area contributed by atoms with Crippen molar-refractivity contribution in [1.29, 1.82) is 0 Å². The Morgan fingerprint density at radius 1 is 1.33 bits per heavy atom. The Bertz CT molecular complexity index is 587. The molecule has 92 valence electrons.